The molecule has 0 saturated carbocycles. The Morgan fingerprint density at radius 1 is 1.19 bits per heavy atom. The number of hydrogen-bond donors (Lipinski definition) is 1. The van der Waals surface area contributed by atoms with E-state index in [0.717, 1.165) is 5.56 Å². The number of nitrogens with one attached hydrogen (secondary N) is 1. The number of halogens is 2. The molecule has 0 radical (unpaired) electrons. The molecule has 3 rings (SSSR count). The lowest BCUT2D eigenvalue weighted by molar-refractivity contribution is -0.117. The number of benzene rings is 1. The highest BCUT2D eigenvalue weighted by atomic mass is 19.3. The van der Waals surface area contributed by atoms with Crippen molar-refractivity contribution in [3.8, 4) is 0 Å². The van der Waals surface area contributed by atoms with E-state index < -0.39 is 12.3 Å². The van der Waals surface area contributed by atoms with E-state index in [0.29, 0.717) is 12.2 Å². The zero-order valence-corrected chi connectivity index (χ0v) is 14.4. The Labute approximate surface area is 148 Å². The summed E-state index contributed by atoms with van der Waals surface area (Å²) in [7, 11) is 0. The summed E-state index contributed by atoms with van der Waals surface area (Å²) >= 11 is 0. The Bertz CT molecular complexity index is 900. The highest BCUT2D eigenvalue weighted by molar-refractivity contribution is 5.88. The summed E-state index contributed by atoms with van der Waals surface area (Å²) in [6.45, 7) is 3.96. The first-order valence-corrected chi connectivity index (χ1v) is 7.98. The van der Waals surface area contributed by atoms with Crippen molar-refractivity contribution in [2.24, 2.45) is 0 Å². The van der Waals surface area contributed by atoms with Gasteiger partial charge in [-0.25, -0.2) is 18.4 Å². The van der Waals surface area contributed by atoms with Gasteiger partial charge in [-0.15, -0.1) is 5.10 Å². The molecule has 0 saturated heterocycles. The molecule has 0 fully saturated rings. The highest BCUT2D eigenvalue weighted by Crippen LogP contribution is 2.17. The van der Waals surface area contributed by atoms with Crippen LogP contribution in [-0.2, 0) is 17.9 Å². The number of amides is 1. The minimum absolute atomic E-state index is 0.154. The molecule has 0 bridgehead atoms. The molecule has 0 atom stereocenters. The predicted octanol–water partition coefficient (Wildman–Crippen LogP) is 2.72. The normalized spacial score (nSPS) is 11.1. The summed E-state index contributed by atoms with van der Waals surface area (Å²) in [5.74, 6) is -0.286. The van der Waals surface area contributed by atoms with Crippen molar-refractivity contribution in [3.05, 3.63) is 59.2 Å². The maximum Gasteiger partial charge on any atom is 0.282 e. The number of hydrogen-bond acceptors (Lipinski definition) is 4. The molecule has 0 aliphatic carbocycles. The van der Waals surface area contributed by atoms with Gasteiger partial charge in [0.15, 0.2) is 0 Å². The molecule has 0 unspecified atom stereocenters. The van der Waals surface area contributed by atoms with Gasteiger partial charge < -0.3 is 0 Å². The van der Waals surface area contributed by atoms with Crippen LogP contribution in [0, 0.1) is 13.8 Å². The molecule has 136 valence electrons. The Kier molecular flexibility index (Phi) is 5.06. The molecule has 2 heterocycles. The van der Waals surface area contributed by atoms with Gasteiger partial charge in [0.2, 0.25) is 11.9 Å². The molecule has 1 N–H and O–H groups in total. The van der Waals surface area contributed by atoms with Gasteiger partial charge in [-0.3, -0.25) is 14.8 Å². The largest absolute Gasteiger partial charge is 0.292 e. The zero-order chi connectivity index (χ0) is 18.7. The maximum atomic E-state index is 12.6. The minimum atomic E-state index is -2.67. The lowest BCUT2D eigenvalue weighted by Crippen LogP contribution is -2.21. The number of anilines is 1. The fourth-order valence-corrected chi connectivity index (χ4v) is 2.41. The van der Waals surface area contributed by atoms with Crippen molar-refractivity contribution >= 4 is 11.9 Å². The van der Waals surface area contributed by atoms with Crippen LogP contribution in [0.15, 0.2) is 36.7 Å². The molecule has 1 amide bonds. The number of carbonyl (C=O) groups is 1. The van der Waals surface area contributed by atoms with E-state index in [1.54, 1.807) is 11.6 Å². The molecule has 0 aliphatic rings. The topological polar surface area (TPSA) is 77.6 Å². The molecule has 0 spiro atoms. The second kappa shape index (κ2) is 7.42. The van der Waals surface area contributed by atoms with Gasteiger partial charge in [-0.05, 0) is 25.5 Å². The number of aryl methyl sites for hydroxylation is 2. The fraction of sp³-hybridized carbons (Fsp3) is 0.294. The summed E-state index contributed by atoms with van der Waals surface area (Å²) < 4.78 is 28.1. The molecule has 0 aliphatic heterocycles. The first-order chi connectivity index (χ1) is 12.4. The molecule has 1 aromatic carbocycles. The van der Waals surface area contributed by atoms with Crippen molar-refractivity contribution in [2.45, 2.75) is 33.4 Å². The standard InChI is InChI=1S/C17H18F2N6O/c1-11-3-5-13(6-4-11)8-24-10-20-17(23-24)21-15(26)9-25-12(2)7-14(22-25)16(18)19/h3-7,10,16H,8-9H2,1-2H3,(H,21,23,26). The van der Waals surface area contributed by atoms with E-state index in [4.69, 9.17) is 0 Å². The Morgan fingerprint density at radius 2 is 1.92 bits per heavy atom. The van der Waals surface area contributed by atoms with Crippen LogP contribution in [-0.4, -0.2) is 30.5 Å². The second-order valence-corrected chi connectivity index (χ2v) is 5.97. The Balaban J connectivity index is 1.60. The van der Waals surface area contributed by atoms with Crippen LogP contribution in [0.1, 0.15) is 28.9 Å². The minimum Gasteiger partial charge on any atom is -0.292 e. The van der Waals surface area contributed by atoms with Crippen LogP contribution >= 0.6 is 0 Å². The summed E-state index contributed by atoms with van der Waals surface area (Å²) in [6.07, 6.45) is -1.15. The van der Waals surface area contributed by atoms with Gasteiger partial charge >= 0.3 is 0 Å². The van der Waals surface area contributed by atoms with Crippen molar-refractivity contribution < 1.29 is 13.6 Å². The summed E-state index contributed by atoms with van der Waals surface area (Å²) in [6, 6.07) is 9.27. The van der Waals surface area contributed by atoms with Crippen LogP contribution < -0.4 is 5.32 Å². The lowest BCUT2D eigenvalue weighted by atomic mass is 10.1. The smallest absolute Gasteiger partial charge is 0.282 e. The summed E-state index contributed by atoms with van der Waals surface area (Å²) in [5.41, 5.74) is 2.36. The average Bonchev–Trinajstić information content (AvgIpc) is 3.17. The molecular weight excluding hydrogens is 342 g/mol. The van der Waals surface area contributed by atoms with E-state index in [1.165, 1.54) is 22.6 Å². The van der Waals surface area contributed by atoms with Gasteiger partial charge in [-0.1, -0.05) is 29.8 Å². The van der Waals surface area contributed by atoms with Gasteiger partial charge in [0.05, 0.1) is 6.54 Å². The molecule has 26 heavy (non-hydrogen) atoms. The number of alkyl halides is 2. The summed E-state index contributed by atoms with van der Waals surface area (Å²) in [4.78, 5) is 16.1. The predicted molar refractivity (Wildman–Crippen MR) is 90.9 cm³/mol. The van der Waals surface area contributed by atoms with Crippen LogP contribution in [0.4, 0.5) is 14.7 Å². The van der Waals surface area contributed by atoms with Gasteiger partial charge in [0, 0.05) is 5.69 Å². The first-order valence-electron chi connectivity index (χ1n) is 7.98. The lowest BCUT2D eigenvalue weighted by Gasteiger charge is -2.04. The van der Waals surface area contributed by atoms with Gasteiger partial charge in [0.1, 0.15) is 18.6 Å². The van der Waals surface area contributed by atoms with E-state index >= 15 is 0 Å². The third-order valence-corrected chi connectivity index (χ3v) is 3.77. The number of nitrogens with zero attached hydrogens (tertiary/aromatic N) is 5. The number of rotatable bonds is 6. The van der Waals surface area contributed by atoms with E-state index in [1.807, 2.05) is 31.2 Å². The SMILES string of the molecule is Cc1ccc(Cn2cnc(NC(=O)Cn3nc(C(F)F)cc3C)n2)cc1. The Hall–Kier alpha value is -3.10. The third kappa shape index (κ3) is 4.29. The van der Waals surface area contributed by atoms with Gasteiger partial charge in [-0.2, -0.15) is 5.10 Å². The fourth-order valence-electron chi connectivity index (χ4n) is 2.41. The quantitative estimate of drug-likeness (QED) is 0.733. The van der Waals surface area contributed by atoms with Crippen LogP contribution in [0.3, 0.4) is 0 Å². The highest BCUT2D eigenvalue weighted by Gasteiger charge is 2.15. The Morgan fingerprint density at radius 3 is 2.58 bits per heavy atom. The van der Waals surface area contributed by atoms with Crippen LogP contribution in [0.25, 0.3) is 0 Å². The maximum absolute atomic E-state index is 12.6. The van der Waals surface area contributed by atoms with Crippen molar-refractivity contribution in [1.29, 1.82) is 0 Å². The van der Waals surface area contributed by atoms with E-state index in [-0.39, 0.29) is 18.2 Å². The van der Waals surface area contributed by atoms with Crippen molar-refractivity contribution in [3.63, 3.8) is 0 Å². The number of aromatic nitrogens is 5. The molecule has 7 nitrogen and oxygen atoms in total. The zero-order valence-electron chi connectivity index (χ0n) is 14.4. The monoisotopic (exact) mass is 360 g/mol. The average molecular weight is 360 g/mol. The number of carbonyl (C=O) groups excluding carboxylic acids is 1. The second-order valence-electron chi connectivity index (χ2n) is 5.97. The van der Waals surface area contributed by atoms with E-state index in [9.17, 15) is 13.6 Å². The summed E-state index contributed by atoms with van der Waals surface area (Å²) in [5, 5.41) is 10.4. The third-order valence-electron chi connectivity index (χ3n) is 3.77. The van der Waals surface area contributed by atoms with E-state index in [2.05, 4.69) is 20.5 Å². The molecular formula is C17H18F2N6O. The molecule has 2 aromatic heterocycles. The van der Waals surface area contributed by atoms with Crippen molar-refractivity contribution in [2.75, 3.05) is 5.32 Å². The first kappa shape index (κ1) is 17.7. The van der Waals surface area contributed by atoms with Crippen molar-refractivity contribution in [1.82, 2.24) is 24.5 Å². The molecule has 9 heteroatoms. The van der Waals surface area contributed by atoms with Crippen LogP contribution in [0.5, 0.6) is 0 Å². The van der Waals surface area contributed by atoms with Crippen LogP contribution in [0.2, 0.25) is 0 Å². The molecule has 3 aromatic rings. The van der Waals surface area contributed by atoms with Gasteiger partial charge in [0.25, 0.3) is 6.43 Å².